The molecule has 0 saturated carbocycles. The third-order valence-electron chi connectivity index (χ3n) is 4.60. The molecule has 0 unspecified atom stereocenters. The summed E-state index contributed by atoms with van der Waals surface area (Å²) in [5.41, 5.74) is 1.31. The highest BCUT2D eigenvalue weighted by Gasteiger charge is 2.19. The summed E-state index contributed by atoms with van der Waals surface area (Å²) in [6, 6.07) is 7.73. The summed E-state index contributed by atoms with van der Waals surface area (Å²) < 4.78 is 57.1. The third-order valence-corrected chi connectivity index (χ3v) is 5.17. The molecule has 33 heavy (non-hydrogen) atoms. The van der Waals surface area contributed by atoms with E-state index >= 15 is 0 Å². The fourth-order valence-electron chi connectivity index (χ4n) is 3.03. The quantitative estimate of drug-likeness (QED) is 0.167. The highest BCUT2D eigenvalue weighted by molar-refractivity contribution is 7.80. The van der Waals surface area contributed by atoms with Gasteiger partial charge >= 0.3 is 0 Å². The molecule has 0 aliphatic carbocycles. The van der Waals surface area contributed by atoms with Gasteiger partial charge in [-0.3, -0.25) is 9.36 Å². The van der Waals surface area contributed by atoms with Gasteiger partial charge < -0.3 is 10.6 Å². The third kappa shape index (κ3) is 5.32. The van der Waals surface area contributed by atoms with Gasteiger partial charge in [0.2, 0.25) is 0 Å². The molecule has 0 aliphatic rings. The van der Waals surface area contributed by atoms with Crippen LogP contribution in [0.3, 0.4) is 0 Å². The number of nitrogens with zero attached hydrogens (tertiary/aromatic N) is 4. The van der Waals surface area contributed by atoms with Crippen molar-refractivity contribution >= 4 is 40.3 Å². The zero-order valence-electron chi connectivity index (χ0n) is 16.7. The van der Waals surface area contributed by atoms with Gasteiger partial charge in [-0.2, -0.15) is 10.2 Å². The average Bonchev–Trinajstić information content (AvgIpc) is 3.40. The number of thiocarbonyl (C=S) groups is 1. The van der Waals surface area contributed by atoms with E-state index in [4.69, 9.17) is 23.8 Å². The van der Waals surface area contributed by atoms with Crippen LogP contribution in [0.15, 0.2) is 55.1 Å². The molecular formula is C21H15ClF4N6S. The first-order valence-electron chi connectivity index (χ1n) is 9.48. The van der Waals surface area contributed by atoms with Crippen LogP contribution in [0, 0.1) is 23.3 Å². The molecule has 2 aromatic carbocycles. The molecule has 12 heteroatoms. The van der Waals surface area contributed by atoms with Crippen molar-refractivity contribution in [3.63, 3.8) is 0 Å². The predicted molar refractivity (Wildman–Crippen MR) is 120 cm³/mol. The first kappa shape index (κ1) is 22.7. The molecule has 0 amide bonds. The van der Waals surface area contributed by atoms with E-state index in [2.05, 4.69) is 20.8 Å². The van der Waals surface area contributed by atoms with Crippen LogP contribution in [-0.2, 0) is 13.1 Å². The van der Waals surface area contributed by atoms with Crippen molar-refractivity contribution in [2.24, 2.45) is 0 Å². The van der Waals surface area contributed by atoms with Crippen LogP contribution >= 0.6 is 23.8 Å². The fraction of sp³-hybridized carbons (Fsp3) is 0.0952. The number of benzene rings is 2. The van der Waals surface area contributed by atoms with Crippen LogP contribution in [0.4, 0.5) is 28.9 Å². The summed E-state index contributed by atoms with van der Waals surface area (Å²) in [5.74, 6) is -6.13. The second kappa shape index (κ2) is 9.59. The molecule has 2 N–H and O–H groups in total. The molecular weight excluding hydrogens is 480 g/mol. The van der Waals surface area contributed by atoms with Crippen molar-refractivity contribution in [2.45, 2.75) is 13.1 Å². The summed E-state index contributed by atoms with van der Waals surface area (Å²) >= 11 is 11.4. The molecule has 6 nitrogen and oxygen atoms in total. The standard InChI is InChI=1S/C21H15ClF4N6S/c22-16-4-2-1-3-12(16)8-31-9-13(6-27-31)29-21(33)30-14-7-28-32(10-14)11-15-17(23)5-18(24)20(26)19(15)25/h1-7,9-10H,8,11H2,(H2,29,30,33). The number of halogens is 5. The lowest BCUT2D eigenvalue weighted by Crippen LogP contribution is -2.18. The number of hydrogen-bond acceptors (Lipinski definition) is 3. The van der Waals surface area contributed by atoms with Crippen LogP contribution in [0.25, 0.3) is 0 Å². The van der Waals surface area contributed by atoms with Gasteiger partial charge in [0, 0.05) is 29.0 Å². The predicted octanol–water partition coefficient (Wildman–Crippen LogP) is 5.19. The van der Waals surface area contributed by atoms with E-state index < -0.39 is 35.4 Å². The molecule has 0 radical (unpaired) electrons. The van der Waals surface area contributed by atoms with Crippen molar-refractivity contribution in [2.75, 3.05) is 10.6 Å². The van der Waals surface area contributed by atoms with Gasteiger partial charge in [-0.15, -0.1) is 0 Å². The van der Waals surface area contributed by atoms with Crippen molar-refractivity contribution in [1.82, 2.24) is 19.6 Å². The number of aromatic nitrogens is 4. The van der Waals surface area contributed by atoms with Crippen molar-refractivity contribution < 1.29 is 17.6 Å². The molecule has 0 saturated heterocycles. The average molecular weight is 495 g/mol. The maximum atomic E-state index is 13.9. The largest absolute Gasteiger partial charge is 0.330 e. The number of anilines is 2. The van der Waals surface area contributed by atoms with Crippen molar-refractivity contribution in [3.8, 4) is 0 Å². The van der Waals surface area contributed by atoms with E-state index in [9.17, 15) is 17.6 Å². The highest BCUT2D eigenvalue weighted by Crippen LogP contribution is 2.21. The smallest absolute Gasteiger partial charge is 0.194 e. The zero-order chi connectivity index (χ0) is 23.5. The second-order valence-corrected chi connectivity index (χ2v) is 7.79. The summed E-state index contributed by atoms with van der Waals surface area (Å²) in [6.07, 6.45) is 6.11. The fourth-order valence-corrected chi connectivity index (χ4v) is 3.47. The maximum Gasteiger partial charge on any atom is 0.194 e. The summed E-state index contributed by atoms with van der Waals surface area (Å²) in [4.78, 5) is 0. The second-order valence-electron chi connectivity index (χ2n) is 6.97. The van der Waals surface area contributed by atoms with E-state index in [0.717, 1.165) is 10.2 Å². The summed E-state index contributed by atoms with van der Waals surface area (Å²) in [6.45, 7) is 0.0387. The van der Waals surface area contributed by atoms with Gasteiger partial charge in [-0.1, -0.05) is 29.8 Å². The lowest BCUT2D eigenvalue weighted by molar-refractivity contribution is 0.420. The topological polar surface area (TPSA) is 59.7 Å². The molecule has 2 aromatic heterocycles. The van der Waals surface area contributed by atoms with Crippen molar-refractivity contribution in [1.29, 1.82) is 0 Å². The van der Waals surface area contributed by atoms with Gasteiger partial charge in [-0.25, -0.2) is 17.6 Å². The molecule has 4 aromatic rings. The molecule has 4 rings (SSSR count). The number of rotatable bonds is 6. The number of hydrogen-bond donors (Lipinski definition) is 2. The minimum atomic E-state index is -1.74. The minimum Gasteiger partial charge on any atom is -0.330 e. The Labute approximate surface area is 195 Å². The zero-order valence-corrected chi connectivity index (χ0v) is 18.3. The molecule has 2 heterocycles. The van der Waals surface area contributed by atoms with E-state index in [-0.39, 0.29) is 5.11 Å². The van der Waals surface area contributed by atoms with E-state index in [1.807, 2.05) is 18.2 Å². The Morgan fingerprint density at radius 2 is 1.48 bits per heavy atom. The van der Waals surface area contributed by atoms with Crippen LogP contribution in [0.2, 0.25) is 5.02 Å². The Balaban J connectivity index is 1.37. The first-order valence-corrected chi connectivity index (χ1v) is 10.3. The van der Waals surface area contributed by atoms with Gasteiger partial charge in [0.25, 0.3) is 0 Å². The van der Waals surface area contributed by atoms with Gasteiger partial charge in [0.1, 0.15) is 5.82 Å². The Bertz CT molecular complexity index is 1320. The van der Waals surface area contributed by atoms with Gasteiger partial charge in [0.05, 0.1) is 36.9 Å². The molecule has 0 bridgehead atoms. The van der Waals surface area contributed by atoms with Gasteiger partial charge in [-0.05, 0) is 23.8 Å². The van der Waals surface area contributed by atoms with Gasteiger partial charge in [0.15, 0.2) is 22.6 Å². The van der Waals surface area contributed by atoms with Crippen molar-refractivity contribution in [3.05, 3.63) is 94.5 Å². The van der Waals surface area contributed by atoms with E-state index in [0.29, 0.717) is 29.0 Å². The van der Waals surface area contributed by atoms with Crippen LogP contribution in [-0.4, -0.2) is 24.7 Å². The van der Waals surface area contributed by atoms with Crippen LogP contribution in [0.1, 0.15) is 11.1 Å². The van der Waals surface area contributed by atoms with E-state index in [1.54, 1.807) is 23.1 Å². The molecule has 0 aliphatic heterocycles. The molecule has 0 atom stereocenters. The first-order chi connectivity index (χ1) is 15.8. The van der Waals surface area contributed by atoms with E-state index in [1.165, 1.54) is 12.4 Å². The highest BCUT2D eigenvalue weighted by atomic mass is 35.5. The Hall–Kier alpha value is -3.44. The lowest BCUT2D eigenvalue weighted by Gasteiger charge is -2.08. The lowest BCUT2D eigenvalue weighted by atomic mass is 10.2. The normalized spacial score (nSPS) is 10.9. The Morgan fingerprint density at radius 3 is 2.12 bits per heavy atom. The molecule has 170 valence electrons. The Morgan fingerprint density at radius 1 is 0.879 bits per heavy atom. The summed E-state index contributed by atoms with van der Waals surface area (Å²) in [5, 5.41) is 14.9. The minimum absolute atomic E-state index is 0.219. The maximum absolute atomic E-state index is 13.9. The molecule has 0 fully saturated rings. The Kier molecular flexibility index (Phi) is 6.61. The molecule has 0 spiro atoms. The van der Waals surface area contributed by atoms with Crippen LogP contribution in [0.5, 0.6) is 0 Å². The SMILES string of the molecule is Fc1cc(F)c(Cn2cc(NC(=S)Nc3cnn(Cc4ccccc4Cl)c3)cn2)c(F)c1F. The summed E-state index contributed by atoms with van der Waals surface area (Å²) in [7, 11) is 0. The number of nitrogens with one attached hydrogen (secondary N) is 2. The van der Waals surface area contributed by atoms with Crippen LogP contribution < -0.4 is 10.6 Å². The monoisotopic (exact) mass is 494 g/mol.